The van der Waals surface area contributed by atoms with Crippen LogP contribution in [0.5, 0.6) is 0 Å². The van der Waals surface area contributed by atoms with E-state index >= 15 is 0 Å². The molecule has 0 heterocycles. The molecule has 0 unspecified atom stereocenters. The smallest absolute Gasteiger partial charge is 0.510 e. The summed E-state index contributed by atoms with van der Waals surface area (Å²) in [7, 11) is 1.36. The standard InChI is InChI=1S/C6H14O3Si/c1-4-5-6-9-10(7-2)8-3/h5-6,10H,4H2,1-3H3. The number of hydrogen-bond donors (Lipinski definition) is 0. The summed E-state index contributed by atoms with van der Waals surface area (Å²) in [5.41, 5.74) is 0. The Hall–Kier alpha value is -0.323. The van der Waals surface area contributed by atoms with Crippen molar-refractivity contribution in [2.45, 2.75) is 13.3 Å². The molecule has 0 fully saturated rings. The van der Waals surface area contributed by atoms with Crippen molar-refractivity contribution in [1.29, 1.82) is 0 Å². The molecule has 0 saturated carbocycles. The van der Waals surface area contributed by atoms with Crippen molar-refractivity contribution in [2.24, 2.45) is 0 Å². The van der Waals surface area contributed by atoms with Gasteiger partial charge in [-0.1, -0.05) is 13.0 Å². The Kier molecular flexibility index (Phi) is 6.57. The minimum absolute atomic E-state index is 0.967. The minimum Gasteiger partial charge on any atom is -0.510 e. The topological polar surface area (TPSA) is 27.7 Å². The molecule has 10 heavy (non-hydrogen) atoms. The Balaban J connectivity index is 3.34. The summed E-state index contributed by atoms with van der Waals surface area (Å²) < 4.78 is 14.9. The van der Waals surface area contributed by atoms with Gasteiger partial charge in [-0.2, -0.15) is 0 Å². The van der Waals surface area contributed by atoms with Gasteiger partial charge < -0.3 is 13.3 Å². The summed E-state index contributed by atoms with van der Waals surface area (Å²) in [4.78, 5) is 0. The maximum atomic E-state index is 5.09. The maximum Gasteiger partial charge on any atom is 0.548 e. The second-order valence-corrected chi connectivity index (χ2v) is 3.47. The number of hydrogen-bond acceptors (Lipinski definition) is 3. The van der Waals surface area contributed by atoms with Crippen LogP contribution in [0.25, 0.3) is 0 Å². The molecule has 0 spiro atoms. The van der Waals surface area contributed by atoms with Crippen LogP contribution in [0.4, 0.5) is 0 Å². The molecule has 0 aliphatic heterocycles. The third kappa shape index (κ3) is 4.55. The molecule has 0 aromatic rings. The first kappa shape index (κ1) is 9.68. The van der Waals surface area contributed by atoms with Crippen LogP contribution in [-0.2, 0) is 13.3 Å². The van der Waals surface area contributed by atoms with Crippen LogP contribution in [0.15, 0.2) is 12.3 Å². The monoisotopic (exact) mass is 162 g/mol. The summed E-state index contributed by atoms with van der Waals surface area (Å²) in [5, 5.41) is 0. The van der Waals surface area contributed by atoms with E-state index in [0.29, 0.717) is 0 Å². The van der Waals surface area contributed by atoms with Crippen molar-refractivity contribution in [3.8, 4) is 0 Å². The van der Waals surface area contributed by atoms with Gasteiger partial charge in [0.05, 0.1) is 6.26 Å². The first-order valence-corrected chi connectivity index (χ1v) is 4.62. The average Bonchev–Trinajstić information content (AvgIpc) is 1.99. The van der Waals surface area contributed by atoms with Crippen LogP contribution >= 0.6 is 0 Å². The molecule has 4 heteroatoms. The Morgan fingerprint density at radius 1 is 1.30 bits per heavy atom. The highest BCUT2D eigenvalue weighted by Gasteiger charge is 2.08. The molecule has 60 valence electrons. The lowest BCUT2D eigenvalue weighted by Crippen LogP contribution is -2.20. The van der Waals surface area contributed by atoms with Gasteiger partial charge in [-0.05, 0) is 6.42 Å². The summed E-state index contributed by atoms with van der Waals surface area (Å²) in [6.07, 6.45) is 4.51. The van der Waals surface area contributed by atoms with E-state index in [0.717, 1.165) is 6.42 Å². The zero-order valence-electron chi connectivity index (χ0n) is 6.66. The van der Waals surface area contributed by atoms with Crippen molar-refractivity contribution in [1.82, 2.24) is 0 Å². The van der Waals surface area contributed by atoms with E-state index in [1.807, 2.05) is 13.0 Å². The van der Waals surface area contributed by atoms with Gasteiger partial charge in [0.2, 0.25) is 0 Å². The predicted octanol–water partition coefficient (Wildman–Crippen LogP) is 0.937. The van der Waals surface area contributed by atoms with Gasteiger partial charge >= 0.3 is 9.53 Å². The molecule has 0 N–H and O–H groups in total. The van der Waals surface area contributed by atoms with E-state index in [9.17, 15) is 0 Å². The molecule has 0 bridgehead atoms. The minimum atomic E-state index is -1.81. The van der Waals surface area contributed by atoms with Gasteiger partial charge in [0, 0.05) is 14.2 Å². The van der Waals surface area contributed by atoms with Crippen LogP contribution in [0.2, 0.25) is 0 Å². The first-order valence-electron chi connectivity index (χ1n) is 3.21. The van der Waals surface area contributed by atoms with Crippen molar-refractivity contribution in [2.75, 3.05) is 14.2 Å². The van der Waals surface area contributed by atoms with Gasteiger partial charge in [-0.3, -0.25) is 0 Å². The van der Waals surface area contributed by atoms with E-state index in [-0.39, 0.29) is 0 Å². The third-order valence-electron chi connectivity index (χ3n) is 0.907. The van der Waals surface area contributed by atoms with E-state index in [1.54, 1.807) is 20.5 Å². The number of rotatable bonds is 5. The van der Waals surface area contributed by atoms with Gasteiger partial charge in [-0.15, -0.1) is 0 Å². The molecule has 0 aromatic carbocycles. The molecule has 0 saturated heterocycles. The Morgan fingerprint density at radius 3 is 2.30 bits per heavy atom. The fourth-order valence-electron chi connectivity index (χ4n) is 0.423. The van der Waals surface area contributed by atoms with Gasteiger partial charge in [-0.25, -0.2) is 0 Å². The largest absolute Gasteiger partial charge is 0.548 e. The lowest BCUT2D eigenvalue weighted by atomic mass is 10.5. The second kappa shape index (κ2) is 6.79. The maximum absolute atomic E-state index is 5.09. The van der Waals surface area contributed by atoms with Crippen molar-refractivity contribution >= 4 is 9.53 Å². The molecule has 0 aliphatic carbocycles. The normalized spacial score (nSPS) is 11.2. The average molecular weight is 162 g/mol. The van der Waals surface area contributed by atoms with Crippen LogP contribution in [0, 0.1) is 0 Å². The van der Waals surface area contributed by atoms with Crippen LogP contribution in [0.1, 0.15) is 13.3 Å². The lowest BCUT2D eigenvalue weighted by molar-refractivity contribution is 0.181. The molecule has 0 atom stereocenters. The van der Waals surface area contributed by atoms with Crippen molar-refractivity contribution < 1.29 is 13.3 Å². The van der Waals surface area contributed by atoms with Crippen molar-refractivity contribution in [3.63, 3.8) is 0 Å². The molecule has 0 radical (unpaired) electrons. The highest BCUT2D eigenvalue weighted by atomic mass is 28.3. The van der Waals surface area contributed by atoms with Gasteiger partial charge in [0.1, 0.15) is 0 Å². The Morgan fingerprint density at radius 2 is 1.90 bits per heavy atom. The van der Waals surface area contributed by atoms with Gasteiger partial charge in [0.25, 0.3) is 0 Å². The Bertz CT molecular complexity index is 91.0. The number of allylic oxidation sites excluding steroid dienone is 1. The summed E-state index contributed by atoms with van der Waals surface area (Å²) in [6.45, 7) is 2.04. The SMILES string of the molecule is CCC=CO[SiH](OC)OC. The molecular formula is C6H14O3Si. The van der Waals surface area contributed by atoms with E-state index in [4.69, 9.17) is 13.3 Å². The van der Waals surface area contributed by atoms with Crippen LogP contribution < -0.4 is 0 Å². The van der Waals surface area contributed by atoms with E-state index in [1.165, 1.54) is 0 Å². The summed E-state index contributed by atoms with van der Waals surface area (Å²) in [6, 6.07) is 0. The summed E-state index contributed by atoms with van der Waals surface area (Å²) in [5.74, 6) is 0. The fraction of sp³-hybridized carbons (Fsp3) is 0.667. The van der Waals surface area contributed by atoms with E-state index in [2.05, 4.69) is 0 Å². The zero-order chi connectivity index (χ0) is 7.82. The molecule has 0 aromatic heterocycles. The molecule has 3 nitrogen and oxygen atoms in total. The zero-order valence-corrected chi connectivity index (χ0v) is 7.82. The molecule has 0 amide bonds. The predicted molar refractivity (Wildman–Crippen MR) is 41.7 cm³/mol. The first-order chi connectivity index (χ1) is 4.85. The van der Waals surface area contributed by atoms with E-state index < -0.39 is 9.53 Å². The van der Waals surface area contributed by atoms with Crippen molar-refractivity contribution in [3.05, 3.63) is 12.3 Å². The third-order valence-corrected chi connectivity index (χ3v) is 2.06. The van der Waals surface area contributed by atoms with Crippen LogP contribution in [-0.4, -0.2) is 23.7 Å². The molecular weight excluding hydrogens is 148 g/mol. The quantitative estimate of drug-likeness (QED) is 0.445. The highest BCUT2D eigenvalue weighted by Crippen LogP contribution is 1.89. The molecule has 0 aliphatic rings. The second-order valence-electron chi connectivity index (χ2n) is 1.68. The Labute approximate surface area is 63.6 Å². The lowest BCUT2D eigenvalue weighted by Gasteiger charge is -2.07. The fourth-order valence-corrected chi connectivity index (χ4v) is 1.08. The van der Waals surface area contributed by atoms with Crippen LogP contribution in [0.3, 0.4) is 0 Å². The van der Waals surface area contributed by atoms with Gasteiger partial charge in [0.15, 0.2) is 0 Å². The summed E-state index contributed by atoms with van der Waals surface area (Å²) >= 11 is 0. The highest BCUT2D eigenvalue weighted by molar-refractivity contribution is 6.36. The molecule has 0 rings (SSSR count).